The number of hydrogen-bond donors (Lipinski definition) is 1. The summed E-state index contributed by atoms with van der Waals surface area (Å²) in [5, 5.41) is 4.44. The molecule has 1 N–H and O–H groups in total. The quantitative estimate of drug-likeness (QED) is 0.909. The molecule has 4 heteroatoms. The summed E-state index contributed by atoms with van der Waals surface area (Å²) in [5.74, 6) is 1.73. The average molecular weight is 267 g/mol. The summed E-state index contributed by atoms with van der Waals surface area (Å²) in [4.78, 5) is 8.57. The van der Waals surface area contributed by atoms with E-state index in [1.165, 1.54) is 41.6 Å². The fourth-order valence-electron chi connectivity index (χ4n) is 2.63. The maximum Gasteiger partial charge on any atom is 0.185 e. The molecule has 1 aliphatic heterocycles. The van der Waals surface area contributed by atoms with Gasteiger partial charge < -0.3 is 10.2 Å². The number of aromatic nitrogens is 1. The second-order valence-electron chi connectivity index (χ2n) is 5.60. The molecule has 1 fully saturated rings. The first kappa shape index (κ1) is 13.8. The molecule has 0 aliphatic carbocycles. The van der Waals surface area contributed by atoms with E-state index in [2.05, 4.69) is 31.0 Å². The molecule has 102 valence electrons. The first-order chi connectivity index (χ1) is 8.61. The second kappa shape index (κ2) is 6.02. The predicted octanol–water partition coefficient (Wildman–Crippen LogP) is 3.04. The van der Waals surface area contributed by atoms with Gasteiger partial charge >= 0.3 is 0 Å². The third kappa shape index (κ3) is 3.04. The van der Waals surface area contributed by atoms with Crippen LogP contribution in [0.4, 0.5) is 5.13 Å². The summed E-state index contributed by atoms with van der Waals surface area (Å²) in [5.41, 5.74) is 1.19. The Bertz CT molecular complexity index is 378. The number of nitrogens with one attached hydrogen (secondary N) is 1. The monoisotopic (exact) mass is 267 g/mol. The van der Waals surface area contributed by atoms with Crippen LogP contribution in [0.25, 0.3) is 0 Å². The molecule has 0 aromatic carbocycles. The number of hydrogen-bond acceptors (Lipinski definition) is 4. The molecular weight excluding hydrogens is 242 g/mol. The Morgan fingerprint density at radius 3 is 2.61 bits per heavy atom. The van der Waals surface area contributed by atoms with Crippen LogP contribution in [-0.4, -0.2) is 25.1 Å². The zero-order valence-corrected chi connectivity index (χ0v) is 12.8. The van der Waals surface area contributed by atoms with Crippen molar-refractivity contribution in [3.63, 3.8) is 0 Å². The number of aryl methyl sites for hydroxylation is 1. The Kier molecular flexibility index (Phi) is 4.62. The van der Waals surface area contributed by atoms with Crippen LogP contribution in [0.3, 0.4) is 0 Å². The number of thiazole rings is 1. The molecule has 1 aromatic rings. The third-order valence-corrected chi connectivity index (χ3v) is 5.19. The van der Waals surface area contributed by atoms with Crippen molar-refractivity contribution in [1.82, 2.24) is 10.3 Å². The van der Waals surface area contributed by atoms with Crippen molar-refractivity contribution in [1.29, 1.82) is 0 Å². The molecule has 1 aromatic heterocycles. The van der Waals surface area contributed by atoms with E-state index in [1.807, 2.05) is 18.4 Å². The highest BCUT2D eigenvalue weighted by atomic mass is 32.1. The van der Waals surface area contributed by atoms with Gasteiger partial charge in [0, 0.05) is 24.5 Å². The number of anilines is 1. The van der Waals surface area contributed by atoms with Crippen molar-refractivity contribution >= 4 is 16.5 Å². The van der Waals surface area contributed by atoms with Crippen molar-refractivity contribution in [3.8, 4) is 0 Å². The molecule has 3 nitrogen and oxygen atoms in total. The van der Waals surface area contributed by atoms with Crippen molar-refractivity contribution in [3.05, 3.63) is 10.6 Å². The van der Waals surface area contributed by atoms with Crippen LogP contribution in [0.2, 0.25) is 0 Å². The van der Waals surface area contributed by atoms with E-state index in [-0.39, 0.29) is 0 Å². The molecule has 1 aliphatic rings. The van der Waals surface area contributed by atoms with Crippen LogP contribution in [-0.2, 0) is 6.54 Å². The van der Waals surface area contributed by atoms with E-state index < -0.39 is 0 Å². The Morgan fingerprint density at radius 2 is 2.06 bits per heavy atom. The van der Waals surface area contributed by atoms with Gasteiger partial charge in [0.2, 0.25) is 0 Å². The van der Waals surface area contributed by atoms with E-state index in [9.17, 15) is 0 Å². The highest BCUT2D eigenvalue weighted by Gasteiger charge is 2.23. The fourth-order valence-corrected chi connectivity index (χ4v) is 3.75. The summed E-state index contributed by atoms with van der Waals surface area (Å²) >= 11 is 1.85. The molecule has 0 bridgehead atoms. The molecule has 2 heterocycles. The van der Waals surface area contributed by atoms with Gasteiger partial charge in [-0.15, -0.1) is 11.3 Å². The van der Waals surface area contributed by atoms with Gasteiger partial charge in [-0.3, -0.25) is 0 Å². The Morgan fingerprint density at radius 1 is 1.39 bits per heavy atom. The van der Waals surface area contributed by atoms with E-state index in [0.29, 0.717) is 0 Å². The summed E-state index contributed by atoms with van der Waals surface area (Å²) in [6.07, 6.45) is 2.63. The van der Waals surface area contributed by atoms with Gasteiger partial charge in [-0.1, -0.05) is 13.8 Å². The minimum atomic E-state index is 0.824. The van der Waals surface area contributed by atoms with Crippen molar-refractivity contribution in [2.24, 2.45) is 11.8 Å². The Hall–Kier alpha value is -0.610. The van der Waals surface area contributed by atoms with Crippen molar-refractivity contribution in [2.75, 3.05) is 25.0 Å². The second-order valence-corrected chi connectivity index (χ2v) is 6.67. The zero-order chi connectivity index (χ0) is 13.1. The molecule has 0 radical (unpaired) electrons. The minimum Gasteiger partial charge on any atom is -0.348 e. The lowest BCUT2D eigenvalue weighted by Crippen LogP contribution is -2.35. The Labute approximate surface area is 115 Å². The van der Waals surface area contributed by atoms with E-state index in [4.69, 9.17) is 4.98 Å². The smallest absolute Gasteiger partial charge is 0.185 e. The molecule has 1 saturated heterocycles. The van der Waals surface area contributed by atoms with Gasteiger partial charge in [-0.05, 0) is 38.6 Å². The molecule has 0 unspecified atom stereocenters. The molecule has 0 saturated carbocycles. The van der Waals surface area contributed by atoms with Gasteiger partial charge in [0.15, 0.2) is 5.13 Å². The topological polar surface area (TPSA) is 28.2 Å². The van der Waals surface area contributed by atoms with Gasteiger partial charge in [-0.25, -0.2) is 4.98 Å². The Balaban J connectivity index is 1.99. The van der Waals surface area contributed by atoms with Crippen LogP contribution < -0.4 is 10.2 Å². The summed E-state index contributed by atoms with van der Waals surface area (Å²) < 4.78 is 0. The van der Waals surface area contributed by atoms with Gasteiger partial charge in [0.1, 0.15) is 0 Å². The van der Waals surface area contributed by atoms with Crippen LogP contribution in [0.15, 0.2) is 0 Å². The summed E-state index contributed by atoms with van der Waals surface area (Å²) in [6, 6.07) is 0. The lowest BCUT2D eigenvalue weighted by Gasteiger charge is -2.33. The molecule has 0 amide bonds. The average Bonchev–Trinajstić information content (AvgIpc) is 2.72. The molecular formula is C14H25N3S. The van der Waals surface area contributed by atoms with Crippen LogP contribution >= 0.6 is 11.3 Å². The maximum absolute atomic E-state index is 4.73. The summed E-state index contributed by atoms with van der Waals surface area (Å²) in [7, 11) is 1.99. The first-order valence-corrected chi connectivity index (χ1v) is 7.79. The molecule has 0 atom stereocenters. The van der Waals surface area contributed by atoms with Gasteiger partial charge in [0.25, 0.3) is 0 Å². The molecule has 2 rings (SSSR count). The van der Waals surface area contributed by atoms with Crippen LogP contribution in [0.5, 0.6) is 0 Å². The normalized spacial score (nSPS) is 17.7. The van der Waals surface area contributed by atoms with E-state index in [1.54, 1.807) is 0 Å². The van der Waals surface area contributed by atoms with Crippen molar-refractivity contribution in [2.45, 2.75) is 40.2 Å². The zero-order valence-electron chi connectivity index (χ0n) is 12.0. The summed E-state index contributed by atoms with van der Waals surface area (Å²) in [6.45, 7) is 10.1. The lowest BCUT2D eigenvalue weighted by molar-refractivity contribution is 0.311. The first-order valence-electron chi connectivity index (χ1n) is 6.97. The van der Waals surface area contributed by atoms with E-state index >= 15 is 0 Å². The highest BCUT2D eigenvalue weighted by Crippen LogP contribution is 2.31. The fraction of sp³-hybridized carbons (Fsp3) is 0.786. The third-order valence-electron chi connectivity index (χ3n) is 3.97. The van der Waals surface area contributed by atoms with Crippen LogP contribution in [0, 0.1) is 18.8 Å². The van der Waals surface area contributed by atoms with E-state index in [0.717, 1.165) is 18.4 Å². The number of nitrogens with zero attached hydrogens (tertiary/aromatic N) is 2. The lowest BCUT2D eigenvalue weighted by atomic mass is 9.87. The SMILES string of the molecule is CNCc1sc(N2CCC(C(C)C)CC2)nc1C. The minimum absolute atomic E-state index is 0.824. The maximum atomic E-state index is 4.73. The van der Waals surface area contributed by atoms with Gasteiger partial charge in [0.05, 0.1) is 5.69 Å². The van der Waals surface area contributed by atoms with Gasteiger partial charge in [-0.2, -0.15) is 0 Å². The largest absolute Gasteiger partial charge is 0.348 e. The standard InChI is InChI=1S/C14H25N3S/c1-10(2)12-5-7-17(8-6-12)14-16-11(3)13(18-14)9-15-4/h10,12,15H,5-9H2,1-4H3. The number of rotatable bonds is 4. The van der Waals surface area contributed by atoms with Crippen molar-refractivity contribution < 1.29 is 0 Å². The number of piperidine rings is 1. The van der Waals surface area contributed by atoms with Crippen LogP contribution in [0.1, 0.15) is 37.3 Å². The predicted molar refractivity (Wildman–Crippen MR) is 79.4 cm³/mol. The molecule has 0 spiro atoms. The highest BCUT2D eigenvalue weighted by molar-refractivity contribution is 7.15. The molecule has 18 heavy (non-hydrogen) atoms.